The molecule has 2 aromatic rings. The summed E-state index contributed by atoms with van der Waals surface area (Å²) in [6, 6.07) is 13.8. The van der Waals surface area contributed by atoms with Crippen LogP contribution < -0.4 is 11.5 Å². The number of anilines is 2. The van der Waals surface area contributed by atoms with E-state index in [1.807, 2.05) is 36.4 Å². The molecule has 0 saturated heterocycles. The first-order valence-corrected chi connectivity index (χ1v) is 4.89. The van der Waals surface area contributed by atoms with E-state index in [0.29, 0.717) is 0 Å². The van der Waals surface area contributed by atoms with Gasteiger partial charge in [0.15, 0.2) is 0 Å². The normalized spacial score (nSPS) is 10.2. The first-order valence-electron chi connectivity index (χ1n) is 4.89. The fraction of sp³-hybridized carbons (Fsp3) is 0.0769. The SMILES string of the molecule is Cc1ccc(N)c(-c2ccc(N)cc2)c1. The van der Waals surface area contributed by atoms with Gasteiger partial charge in [-0.2, -0.15) is 0 Å². The third-order valence-electron chi connectivity index (χ3n) is 2.43. The predicted octanol–water partition coefficient (Wildman–Crippen LogP) is 2.83. The Labute approximate surface area is 89.5 Å². The molecule has 15 heavy (non-hydrogen) atoms. The molecule has 0 amide bonds. The predicted molar refractivity (Wildman–Crippen MR) is 65.4 cm³/mol. The third kappa shape index (κ3) is 1.94. The zero-order valence-corrected chi connectivity index (χ0v) is 8.70. The van der Waals surface area contributed by atoms with Crippen LogP contribution >= 0.6 is 0 Å². The molecule has 0 spiro atoms. The van der Waals surface area contributed by atoms with Crippen LogP contribution in [0.3, 0.4) is 0 Å². The van der Waals surface area contributed by atoms with E-state index in [4.69, 9.17) is 11.5 Å². The Morgan fingerprint density at radius 2 is 1.53 bits per heavy atom. The Balaban J connectivity index is 2.53. The van der Waals surface area contributed by atoms with Gasteiger partial charge in [-0.3, -0.25) is 0 Å². The smallest absolute Gasteiger partial charge is 0.0393 e. The Hall–Kier alpha value is -1.96. The van der Waals surface area contributed by atoms with E-state index >= 15 is 0 Å². The van der Waals surface area contributed by atoms with Gasteiger partial charge < -0.3 is 11.5 Å². The Morgan fingerprint density at radius 3 is 2.20 bits per heavy atom. The van der Waals surface area contributed by atoms with Gasteiger partial charge in [-0.1, -0.05) is 23.8 Å². The minimum absolute atomic E-state index is 0.768. The molecule has 0 aromatic heterocycles. The van der Waals surface area contributed by atoms with Crippen molar-refractivity contribution in [1.29, 1.82) is 0 Å². The lowest BCUT2D eigenvalue weighted by atomic mass is 10.0. The summed E-state index contributed by atoms with van der Waals surface area (Å²) in [4.78, 5) is 0. The number of benzene rings is 2. The zero-order valence-electron chi connectivity index (χ0n) is 8.70. The van der Waals surface area contributed by atoms with Crippen molar-refractivity contribution >= 4 is 11.4 Å². The molecule has 0 atom stereocenters. The topological polar surface area (TPSA) is 52.0 Å². The molecular weight excluding hydrogens is 184 g/mol. The number of aryl methyl sites for hydroxylation is 1. The van der Waals surface area contributed by atoms with Crippen LogP contribution in [0.1, 0.15) is 5.56 Å². The molecule has 2 nitrogen and oxygen atoms in total. The molecular formula is C13H14N2. The lowest BCUT2D eigenvalue weighted by Gasteiger charge is -2.07. The molecule has 4 N–H and O–H groups in total. The highest BCUT2D eigenvalue weighted by atomic mass is 14.6. The zero-order chi connectivity index (χ0) is 10.8. The summed E-state index contributed by atoms with van der Waals surface area (Å²) in [7, 11) is 0. The van der Waals surface area contributed by atoms with E-state index in [9.17, 15) is 0 Å². The lowest BCUT2D eigenvalue weighted by molar-refractivity contribution is 1.47. The van der Waals surface area contributed by atoms with Crippen LogP contribution in [-0.4, -0.2) is 0 Å². The van der Waals surface area contributed by atoms with Gasteiger partial charge in [0.05, 0.1) is 0 Å². The van der Waals surface area contributed by atoms with Crippen molar-refractivity contribution in [1.82, 2.24) is 0 Å². The lowest BCUT2D eigenvalue weighted by Crippen LogP contribution is -1.91. The van der Waals surface area contributed by atoms with Crippen LogP contribution in [0.15, 0.2) is 42.5 Å². The van der Waals surface area contributed by atoms with Crippen molar-refractivity contribution in [3.05, 3.63) is 48.0 Å². The molecule has 0 heterocycles. The third-order valence-corrected chi connectivity index (χ3v) is 2.43. The minimum Gasteiger partial charge on any atom is -0.399 e. The molecule has 2 rings (SSSR count). The van der Waals surface area contributed by atoms with E-state index in [0.717, 1.165) is 22.5 Å². The van der Waals surface area contributed by atoms with Crippen molar-refractivity contribution in [3.8, 4) is 11.1 Å². The maximum atomic E-state index is 5.93. The second kappa shape index (κ2) is 3.65. The van der Waals surface area contributed by atoms with Gasteiger partial charge in [-0.15, -0.1) is 0 Å². The second-order valence-corrected chi connectivity index (χ2v) is 3.71. The van der Waals surface area contributed by atoms with Crippen molar-refractivity contribution < 1.29 is 0 Å². The molecule has 0 aliphatic carbocycles. The summed E-state index contributed by atoms with van der Waals surface area (Å²) in [5, 5.41) is 0. The van der Waals surface area contributed by atoms with E-state index in [1.165, 1.54) is 5.56 Å². The molecule has 0 fully saturated rings. The average molecular weight is 198 g/mol. The monoisotopic (exact) mass is 198 g/mol. The van der Waals surface area contributed by atoms with Gasteiger partial charge in [0.1, 0.15) is 0 Å². The summed E-state index contributed by atoms with van der Waals surface area (Å²) in [6.07, 6.45) is 0. The first kappa shape index (κ1) is 9.59. The van der Waals surface area contributed by atoms with E-state index in [-0.39, 0.29) is 0 Å². The number of rotatable bonds is 1. The molecule has 0 radical (unpaired) electrons. The van der Waals surface area contributed by atoms with Crippen LogP contribution in [0.5, 0.6) is 0 Å². The van der Waals surface area contributed by atoms with Gasteiger partial charge in [0, 0.05) is 16.9 Å². The molecule has 2 aromatic carbocycles. The maximum absolute atomic E-state index is 5.93. The standard InChI is InChI=1S/C13H14N2/c1-9-2-7-13(15)12(8-9)10-3-5-11(14)6-4-10/h2-8H,14-15H2,1H3. The van der Waals surface area contributed by atoms with E-state index < -0.39 is 0 Å². The van der Waals surface area contributed by atoms with Crippen molar-refractivity contribution in [2.24, 2.45) is 0 Å². The molecule has 0 saturated carbocycles. The van der Waals surface area contributed by atoms with Gasteiger partial charge in [-0.25, -0.2) is 0 Å². The van der Waals surface area contributed by atoms with Gasteiger partial charge >= 0.3 is 0 Å². The van der Waals surface area contributed by atoms with E-state index in [2.05, 4.69) is 13.0 Å². The van der Waals surface area contributed by atoms with Crippen LogP contribution in [-0.2, 0) is 0 Å². The summed E-state index contributed by atoms with van der Waals surface area (Å²) in [6.45, 7) is 2.06. The number of hydrogen-bond acceptors (Lipinski definition) is 2. The molecule has 0 aliphatic rings. The quantitative estimate of drug-likeness (QED) is 0.692. The summed E-state index contributed by atoms with van der Waals surface area (Å²) >= 11 is 0. The highest BCUT2D eigenvalue weighted by molar-refractivity contribution is 5.77. The summed E-state index contributed by atoms with van der Waals surface area (Å²) in [5.41, 5.74) is 16.5. The molecule has 2 heteroatoms. The Kier molecular flexibility index (Phi) is 2.34. The highest BCUT2D eigenvalue weighted by Gasteiger charge is 2.02. The number of nitrogens with two attached hydrogens (primary N) is 2. The fourth-order valence-electron chi connectivity index (χ4n) is 1.58. The van der Waals surface area contributed by atoms with Crippen molar-refractivity contribution in [2.45, 2.75) is 6.92 Å². The average Bonchev–Trinajstić information content (AvgIpc) is 2.23. The van der Waals surface area contributed by atoms with Gasteiger partial charge in [0.25, 0.3) is 0 Å². The van der Waals surface area contributed by atoms with Gasteiger partial charge in [0.2, 0.25) is 0 Å². The molecule has 0 unspecified atom stereocenters. The van der Waals surface area contributed by atoms with E-state index in [1.54, 1.807) is 0 Å². The highest BCUT2D eigenvalue weighted by Crippen LogP contribution is 2.27. The molecule has 0 aliphatic heterocycles. The second-order valence-electron chi connectivity index (χ2n) is 3.71. The molecule has 0 bridgehead atoms. The van der Waals surface area contributed by atoms with Gasteiger partial charge in [-0.05, 0) is 36.8 Å². The minimum atomic E-state index is 0.768. The maximum Gasteiger partial charge on any atom is 0.0393 e. The van der Waals surface area contributed by atoms with Crippen LogP contribution in [0, 0.1) is 6.92 Å². The van der Waals surface area contributed by atoms with Crippen LogP contribution in [0.25, 0.3) is 11.1 Å². The Morgan fingerprint density at radius 1 is 0.867 bits per heavy atom. The first-order chi connectivity index (χ1) is 7.16. The fourth-order valence-corrected chi connectivity index (χ4v) is 1.58. The van der Waals surface area contributed by atoms with Crippen LogP contribution in [0.2, 0.25) is 0 Å². The largest absolute Gasteiger partial charge is 0.399 e. The van der Waals surface area contributed by atoms with Crippen molar-refractivity contribution in [3.63, 3.8) is 0 Å². The number of hydrogen-bond donors (Lipinski definition) is 2. The van der Waals surface area contributed by atoms with Crippen LogP contribution in [0.4, 0.5) is 11.4 Å². The Bertz CT molecular complexity index is 472. The summed E-state index contributed by atoms with van der Waals surface area (Å²) < 4.78 is 0. The summed E-state index contributed by atoms with van der Waals surface area (Å²) in [5.74, 6) is 0. The van der Waals surface area contributed by atoms with Crippen molar-refractivity contribution in [2.75, 3.05) is 11.5 Å². The number of nitrogen functional groups attached to an aromatic ring is 2. The molecule has 76 valence electrons.